The normalized spacial score (nSPS) is 18.0. The third-order valence-electron chi connectivity index (χ3n) is 4.47. The molecule has 0 spiro atoms. The van der Waals surface area contributed by atoms with Crippen LogP contribution in [0.5, 0.6) is 0 Å². The van der Waals surface area contributed by atoms with Gasteiger partial charge in [-0.15, -0.1) is 0 Å². The molecule has 1 amide bonds. The summed E-state index contributed by atoms with van der Waals surface area (Å²) in [5.74, 6) is 0.0804. The van der Waals surface area contributed by atoms with Crippen molar-refractivity contribution in [3.05, 3.63) is 40.9 Å². The molecule has 128 valence electrons. The zero-order valence-corrected chi connectivity index (χ0v) is 14.0. The van der Waals surface area contributed by atoms with Crippen LogP contribution in [0.25, 0.3) is 10.9 Å². The molecule has 6 heteroatoms. The van der Waals surface area contributed by atoms with E-state index in [0.717, 1.165) is 12.8 Å². The Balaban J connectivity index is 1.70. The van der Waals surface area contributed by atoms with E-state index < -0.39 is 0 Å². The highest BCUT2D eigenvalue weighted by molar-refractivity contribution is 5.78. The Labute approximate surface area is 141 Å². The van der Waals surface area contributed by atoms with E-state index >= 15 is 0 Å². The quantitative estimate of drug-likeness (QED) is 0.839. The summed E-state index contributed by atoms with van der Waals surface area (Å²) in [6, 6.07) is 7.42. The van der Waals surface area contributed by atoms with Crippen LogP contribution in [0.2, 0.25) is 0 Å². The summed E-state index contributed by atoms with van der Waals surface area (Å²) >= 11 is 0. The second-order valence-electron chi connectivity index (χ2n) is 6.11. The number of benzene rings is 1. The molecule has 1 fully saturated rings. The van der Waals surface area contributed by atoms with E-state index in [9.17, 15) is 9.59 Å². The maximum absolute atomic E-state index is 12.6. The second kappa shape index (κ2) is 7.57. The topological polar surface area (TPSA) is 64.4 Å². The zero-order valence-electron chi connectivity index (χ0n) is 14.0. The molecule has 0 aliphatic carbocycles. The summed E-state index contributed by atoms with van der Waals surface area (Å²) in [7, 11) is 0. The molecule has 2 aromatic rings. The fourth-order valence-electron chi connectivity index (χ4n) is 3.18. The van der Waals surface area contributed by atoms with Crippen molar-refractivity contribution in [3.8, 4) is 0 Å². The van der Waals surface area contributed by atoms with E-state index in [1.807, 2.05) is 23.1 Å². The van der Waals surface area contributed by atoms with Crippen LogP contribution in [0.4, 0.5) is 0 Å². The number of nitrogens with zero attached hydrogens (tertiary/aromatic N) is 3. The SMILES string of the molecule is CCC[C@@H]1COCCN1C(=O)CCn1cnc2ccccc2c1=O. The van der Waals surface area contributed by atoms with Crippen molar-refractivity contribution in [3.63, 3.8) is 0 Å². The molecular weight excluding hydrogens is 306 g/mol. The van der Waals surface area contributed by atoms with Gasteiger partial charge in [-0.2, -0.15) is 0 Å². The van der Waals surface area contributed by atoms with Gasteiger partial charge in [-0.1, -0.05) is 25.5 Å². The summed E-state index contributed by atoms with van der Waals surface area (Å²) in [4.78, 5) is 31.2. The number of hydrogen-bond acceptors (Lipinski definition) is 4. The smallest absolute Gasteiger partial charge is 0.261 e. The van der Waals surface area contributed by atoms with Crippen molar-refractivity contribution in [2.75, 3.05) is 19.8 Å². The molecule has 1 aliphatic rings. The highest BCUT2D eigenvalue weighted by Crippen LogP contribution is 2.14. The predicted octanol–water partition coefficient (Wildman–Crippen LogP) is 1.81. The molecular formula is C18H23N3O3. The van der Waals surface area contributed by atoms with Gasteiger partial charge in [0, 0.05) is 19.5 Å². The number of ether oxygens (including phenoxy) is 1. The van der Waals surface area contributed by atoms with Crippen LogP contribution in [0.1, 0.15) is 26.2 Å². The molecule has 3 rings (SSSR count). The number of carbonyl (C=O) groups excluding carboxylic acids is 1. The molecule has 24 heavy (non-hydrogen) atoms. The minimum Gasteiger partial charge on any atom is -0.377 e. The molecule has 1 aromatic carbocycles. The molecule has 0 radical (unpaired) electrons. The lowest BCUT2D eigenvalue weighted by atomic mass is 10.1. The van der Waals surface area contributed by atoms with Crippen LogP contribution in [0.15, 0.2) is 35.4 Å². The number of carbonyl (C=O) groups is 1. The monoisotopic (exact) mass is 329 g/mol. The van der Waals surface area contributed by atoms with Gasteiger partial charge < -0.3 is 9.64 Å². The maximum atomic E-state index is 12.6. The first kappa shape index (κ1) is 16.6. The zero-order chi connectivity index (χ0) is 16.9. The van der Waals surface area contributed by atoms with Gasteiger partial charge in [0.1, 0.15) is 0 Å². The lowest BCUT2D eigenvalue weighted by Gasteiger charge is -2.35. The Bertz CT molecular complexity index is 769. The first-order valence-corrected chi connectivity index (χ1v) is 8.52. The van der Waals surface area contributed by atoms with Crippen LogP contribution in [-0.4, -0.2) is 46.2 Å². The summed E-state index contributed by atoms with van der Waals surface area (Å²) < 4.78 is 7.01. The van der Waals surface area contributed by atoms with Gasteiger partial charge >= 0.3 is 0 Å². The fraction of sp³-hybridized carbons (Fsp3) is 0.500. The lowest BCUT2D eigenvalue weighted by molar-refractivity contribution is -0.140. The Hall–Kier alpha value is -2.21. The second-order valence-corrected chi connectivity index (χ2v) is 6.11. The van der Waals surface area contributed by atoms with Crippen LogP contribution in [0.3, 0.4) is 0 Å². The van der Waals surface area contributed by atoms with E-state index in [-0.39, 0.29) is 17.5 Å². The fourth-order valence-corrected chi connectivity index (χ4v) is 3.18. The number of hydrogen-bond donors (Lipinski definition) is 0. The molecule has 0 unspecified atom stereocenters. The predicted molar refractivity (Wildman–Crippen MR) is 91.8 cm³/mol. The van der Waals surface area contributed by atoms with Gasteiger partial charge in [-0.3, -0.25) is 14.2 Å². The molecule has 6 nitrogen and oxygen atoms in total. The molecule has 0 bridgehead atoms. The number of morpholine rings is 1. The van der Waals surface area contributed by atoms with Crippen molar-refractivity contribution in [2.24, 2.45) is 0 Å². The van der Waals surface area contributed by atoms with Gasteiger partial charge in [0.15, 0.2) is 0 Å². The average Bonchev–Trinajstić information content (AvgIpc) is 2.62. The summed E-state index contributed by atoms with van der Waals surface area (Å²) in [5, 5.41) is 0.586. The minimum absolute atomic E-state index is 0.0804. The van der Waals surface area contributed by atoms with Crippen molar-refractivity contribution in [1.82, 2.24) is 14.5 Å². The van der Waals surface area contributed by atoms with Gasteiger partial charge in [0.05, 0.1) is 36.5 Å². The minimum atomic E-state index is -0.0968. The number of amides is 1. The Kier molecular flexibility index (Phi) is 5.25. The van der Waals surface area contributed by atoms with Gasteiger partial charge in [-0.25, -0.2) is 4.98 Å². The largest absolute Gasteiger partial charge is 0.377 e. The van der Waals surface area contributed by atoms with Crippen LogP contribution in [0, 0.1) is 0 Å². The summed E-state index contributed by atoms with van der Waals surface area (Å²) in [6.07, 6.45) is 3.80. The van der Waals surface area contributed by atoms with Crippen molar-refractivity contribution in [1.29, 1.82) is 0 Å². The third-order valence-corrected chi connectivity index (χ3v) is 4.47. The molecule has 1 aromatic heterocycles. The van der Waals surface area contributed by atoms with Crippen LogP contribution in [-0.2, 0) is 16.1 Å². The molecule has 2 heterocycles. The van der Waals surface area contributed by atoms with Crippen molar-refractivity contribution in [2.45, 2.75) is 38.8 Å². The lowest BCUT2D eigenvalue weighted by Crippen LogP contribution is -2.48. The van der Waals surface area contributed by atoms with E-state index in [1.54, 1.807) is 6.07 Å². The van der Waals surface area contributed by atoms with E-state index in [0.29, 0.717) is 43.6 Å². The number of rotatable bonds is 5. The molecule has 0 saturated carbocycles. The van der Waals surface area contributed by atoms with Crippen molar-refractivity contribution >= 4 is 16.8 Å². The number of aromatic nitrogens is 2. The third kappa shape index (κ3) is 3.48. The van der Waals surface area contributed by atoms with Gasteiger partial charge in [-0.05, 0) is 18.6 Å². The highest BCUT2D eigenvalue weighted by Gasteiger charge is 2.26. The molecule has 1 saturated heterocycles. The van der Waals surface area contributed by atoms with Gasteiger partial charge in [0.2, 0.25) is 5.91 Å². The average molecular weight is 329 g/mol. The molecule has 0 N–H and O–H groups in total. The maximum Gasteiger partial charge on any atom is 0.261 e. The first-order valence-electron chi connectivity index (χ1n) is 8.52. The Morgan fingerprint density at radius 1 is 1.38 bits per heavy atom. The molecule has 1 aliphatic heterocycles. The van der Waals surface area contributed by atoms with E-state index in [4.69, 9.17) is 4.74 Å². The first-order chi connectivity index (χ1) is 11.7. The Morgan fingerprint density at radius 2 is 2.21 bits per heavy atom. The van der Waals surface area contributed by atoms with E-state index in [1.165, 1.54) is 10.9 Å². The number of para-hydroxylation sites is 1. The van der Waals surface area contributed by atoms with Crippen LogP contribution < -0.4 is 5.56 Å². The van der Waals surface area contributed by atoms with Crippen LogP contribution >= 0.6 is 0 Å². The summed E-state index contributed by atoms with van der Waals surface area (Å²) in [6.45, 7) is 4.29. The highest BCUT2D eigenvalue weighted by atomic mass is 16.5. The van der Waals surface area contributed by atoms with Gasteiger partial charge in [0.25, 0.3) is 5.56 Å². The standard InChI is InChI=1S/C18H23N3O3/c1-2-5-14-12-24-11-10-21(14)17(22)8-9-20-13-19-16-7-4-3-6-15(16)18(20)23/h3-4,6-7,13-14H,2,5,8-12H2,1H3/t14-/m1/s1. The van der Waals surface area contributed by atoms with Crippen molar-refractivity contribution < 1.29 is 9.53 Å². The number of fused-ring (bicyclic) bond motifs is 1. The van der Waals surface area contributed by atoms with E-state index in [2.05, 4.69) is 11.9 Å². The summed E-state index contributed by atoms with van der Waals surface area (Å²) in [5.41, 5.74) is 0.585. The molecule has 1 atom stereocenters. The number of aryl methyl sites for hydroxylation is 1. The Morgan fingerprint density at radius 3 is 3.04 bits per heavy atom.